The van der Waals surface area contributed by atoms with E-state index < -0.39 is 0 Å². The summed E-state index contributed by atoms with van der Waals surface area (Å²) in [4.78, 5) is 0. The molecule has 3 nitrogen and oxygen atoms in total. The van der Waals surface area contributed by atoms with Crippen LogP contribution in [-0.4, -0.2) is 31.1 Å². The molecule has 19 heavy (non-hydrogen) atoms. The first kappa shape index (κ1) is 15.3. The Kier molecular flexibility index (Phi) is 5.27. The monoisotopic (exact) mass is 269 g/mol. The van der Waals surface area contributed by atoms with E-state index in [0.717, 1.165) is 25.0 Å². The van der Waals surface area contributed by atoms with Crippen LogP contribution in [0.25, 0.3) is 0 Å². The van der Waals surface area contributed by atoms with E-state index in [1.54, 1.807) is 0 Å². The summed E-state index contributed by atoms with van der Waals surface area (Å²) in [6.45, 7) is 10.3. The van der Waals surface area contributed by atoms with E-state index >= 15 is 0 Å². The fraction of sp³-hybridized carbons (Fsp3) is 1.00. The van der Waals surface area contributed by atoms with Crippen molar-refractivity contribution in [2.45, 2.75) is 77.7 Å². The van der Waals surface area contributed by atoms with E-state index in [4.69, 9.17) is 9.47 Å². The van der Waals surface area contributed by atoms with Gasteiger partial charge in [-0.15, -0.1) is 0 Å². The molecule has 0 radical (unpaired) electrons. The van der Waals surface area contributed by atoms with E-state index in [0.29, 0.717) is 6.04 Å². The third kappa shape index (κ3) is 5.05. The van der Waals surface area contributed by atoms with Crippen LogP contribution in [-0.2, 0) is 9.47 Å². The van der Waals surface area contributed by atoms with Crippen molar-refractivity contribution in [3.8, 4) is 0 Å². The molecule has 0 aromatic heterocycles. The highest BCUT2D eigenvalue weighted by atomic mass is 16.7. The van der Waals surface area contributed by atoms with Crippen molar-refractivity contribution in [1.82, 2.24) is 5.32 Å². The predicted molar refractivity (Wildman–Crippen MR) is 78.1 cm³/mol. The van der Waals surface area contributed by atoms with Crippen LogP contribution >= 0.6 is 0 Å². The molecule has 1 heterocycles. The lowest BCUT2D eigenvalue weighted by Crippen LogP contribution is -2.40. The summed E-state index contributed by atoms with van der Waals surface area (Å²) in [5.41, 5.74) is 0. The molecule has 3 atom stereocenters. The van der Waals surface area contributed by atoms with Gasteiger partial charge >= 0.3 is 0 Å². The Hall–Kier alpha value is -0.120. The molecule has 0 spiro atoms. The summed E-state index contributed by atoms with van der Waals surface area (Å²) in [5, 5.41) is 3.70. The van der Waals surface area contributed by atoms with Crippen molar-refractivity contribution < 1.29 is 9.47 Å². The number of hydrogen-bond donors (Lipinski definition) is 1. The molecule has 1 N–H and O–H groups in total. The largest absolute Gasteiger partial charge is 0.348 e. The highest BCUT2D eigenvalue weighted by Gasteiger charge is 2.33. The van der Waals surface area contributed by atoms with E-state index in [2.05, 4.69) is 19.2 Å². The van der Waals surface area contributed by atoms with Crippen molar-refractivity contribution in [3.05, 3.63) is 0 Å². The van der Waals surface area contributed by atoms with Gasteiger partial charge in [0.05, 0.1) is 12.7 Å². The van der Waals surface area contributed by atoms with Gasteiger partial charge in [0.2, 0.25) is 0 Å². The van der Waals surface area contributed by atoms with Crippen molar-refractivity contribution in [2.24, 2.45) is 11.8 Å². The molecule has 0 aromatic rings. The Labute approximate surface area is 118 Å². The summed E-state index contributed by atoms with van der Waals surface area (Å²) in [5.74, 6) is 1.36. The number of ether oxygens (including phenoxy) is 2. The quantitative estimate of drug-likeness (QED) is 0.830. The minimum absolute atomic E-state index is 0.223. The van der Waals surface area contributed by atoms with Gasteiger partial charge in [0.25, 0.3) is 0 Å². The fourth-order valence-electron chi connectivity index (χ4n) is 3.52. The van der Waals surface area contributed by atoms with Gasteiger partial charge in [-0.25, -0.2) is 0 Å². The van der Waals surface area contributed by atoms with Crippen molar-refractivity contribution in [1.29, 1.82) is 0 Å². The fourth-order valence-corrected chi connectivity index (χ4v) is 3.52. The summed E-state index contributed by atoms with van der Waals surface area (Å²) in [6, 6.07) is 0.685. The van der Waals surface area contributed by atoms with Gasteiger partial charge in [0.1, 0.15) is 0 Å². The lowest BCUT2D eigenvalue weighted by molar-refractivity contribution is -0.138. The second kappa shape index (κ2) is 6.55. The van der Waals surface area contributed by atoms with Crippen molar-refractivity contribution in [2.75, 3.05) is 13.2 Å². The highest BCUT2D eigenvalue weighted by Crippen LogP contribution is 2.29. The van der Waals surface area contributed by atoms with Crippen LogP contribution in [0, 0.1) is 11.8 Å². The number of nitrogens with one attached hydrogen (secondary N) is 1. The first-order valence-electron chi connectivity index (χ1n) is 8.00. The average molecular weight is 269 g/mol. The van der Waals surface area contributed by atoms with Gasteiger partial charge in [-0.1, -0.05) is 26.7 Å². The molecule has 3 heteroatoms. The van der Waals surface area contributed by atoms with Crippen molar-refractivity contribution >= 4 is 0 Å². The molecule has 2 rings (SSSR count). The molecule has 1 aliphatic carbocycles. The van der Waals surface area contributed by atoms with Crippen LogP contribution in [0.15, 0.2) is 0 Å². The SMILES string of the molecule is CC(C)CC1CCCC(NCC2COC(C)(C)O2)C1. The first-order valence-corrected chi connectivity index (χ1v) is 8.00. The Balaban J connectivity index is 1.68. The first-order chi connectivity index (χ1) is 8.94. The van der Waals surface area contributed by atoms with E-state index in [1.807, 2.05) is 13.8 Å². The zero-order valence-corrected chi connectivity index (χ0v) is 13.1. The second-order valence-electron chi connectivity index (χ2n) is 7.22. The maximum atomic E-state index is 5.85. The Morgan fingerprint density at radius 3 is 2.68 bits per heavy atom. The zero-order valence-electron chi connectivity index (χ0n) is 13.1. The molecular weight excluding hydrogens is 238 g/mol. The van der Waals surface area contributed by atoms with E-state index in [-0.39, 0.29) is 11.9 Å². The Morgan fingerprint density at radius 2 is 2.05 bits per heavy atom. The second-order valence-corrected chi connectivity index (χ2v) is 7.22. The minimum Gasteiger partial charge on any atom is -0.348 e. The van der Waals surface area contributed by atoms with Gasteiger partial charge in [-0.05, 0) is 44.9 Å². The van der Waals surface area contributed by atoms with Crippen LogP contribution in [0.1, 0.15) is 59.8 Å². The van der Waals surface area contributed by atoms with Crippen LogP contribution in [0.5, 0.6) is 0 Å². The molecule has 3 unspecified atom stereocenters. The molecular formula is C16H31NO2. The zero-order chi connectivity index (χ0) is 13.9. The lowest BCUT2D eigenvalue weighted by atomic mass is 9.81. The van der Waals surface area contributed by atoms with Crippen LogP contribution in [0.3, 0.4) is 0 Å². The highest BCUT2D eigenvalue weighted by molar-refractivity contribution is 4.81. The molecule has 1 saturated heterocycles. The normalized spacial score (nSPS) is 34.9. The third-order valence-electron chi connectivity index (χ3n) is 4.29. The minimum atomic E-state index is -0.390. The maximum Gasteiger partial charge on any atom is 0.163 e. The van der Waals surface area contributed by atoms with E-state index in [9.17, 15) is 0 Å². The summed E-state index contributed by atoms with van der Waals surface area (Å²) in [7, 11) is 0. The molecule has 0 aromatic carbocycles. The number of hydrogen-bond acceptors (Lipinski definition) is 3. The Morgan fingerprint density at radius 1 is 1.26 bits per heavy atom. The van der Waals surface area contributed by atoms with Gasteiger partial charge in [-0.2, -0.15) is 0 Å². The van der Waals surface area contributed by atoms with Gasteiger partial charge in [0, 0.05) is 12.6 Å². The standard InChI is InChI=1S/C16H31NO2/c1-12(2)8-13-6-5-7-14(9-13)17-10-15-11-18-16(3,4)19-15/h12-15,17H,5-11H2,1-4H3. The summed E-state index contributed by atoms with van der Waals surface area (Å²) >= 11 is 0. The maximum absolute atomic E-state index is 5.85. The van der Waals surface area contributed by atoms with Crippen LogP contribution in [0.2, 0.25) is 0 Å². The summed E-state index contributed by atoms with van der Waals surface area (Å²) < 4.78 is 11.5. The lowest BCUT2D eigenvalue weighted by Gasteiger charge is -2.31. The molecule has 1 saturated carbocycles. The third-order valence-corrected chi connectivity index (χ3v) is 4.29. The molecule has 2 fully saturated rings. The van der Waals surface area contributed by atoms with Crippen LogP contribution in [0.4, 0.5) is 0 Å². The van der Waals surface area contributed by atoms with Gasteiger partial charge in [0.15, 0.2) is 5.79 Å². The molecule has 1 aliphatic heterocycles. The van der Waals surface area contributed by atoms with E-state index in [1.165, 1.54) is 32.1 Å². The van der Waals surface area contributed by atoms with Gasteiger partial charge in [-0.3, -0.25) is 0 Å². The molecule has 0 bridgehead atoms. The average Bonchev–Trinajstić information content (AvgIpc) is 2.66. The predicted octanol–water partition coefficient (Wildman–Crippen LogP) is 3.33. The smallest absolute Gasteiger partial charge is 0.163 e. The molecule has 0 amide bonds. The molecule has 112 valence electrons. The molecule has 2 aliphatic rings. The Bertz CT molecular complexity index is 278. The van der Waals surface area contributed by atoms with Crippen molar-refractivity contribution in [3.63, 3.8) is 0 Å². The topological polar surface area (TPSA) is 30.5 Å². The van der Waals surface area contributed by atoms with Crippen LogP contribution < -0.4 is 5.32 Å². The summed E-state index contributed by atoms with van der Waals surface area (Å²) in [6.07, 6.45) is 7.07. The number of rotatable bonds is 5. The van der Waals surface area contributed by atoms with Gasteiger partial charge < -0.3 is 14.8 Å².